The van der Waals surface area contributed by atoms with Crippen molar-refractivity contribution in [2.24, 2.45) is 11.3 Å². The van der Waals surface area contributed by atoms with Gasteiger partial charge in [0, 0.05) is 25.8 Å². The maximum atomic E-state index is 11.6. The summed E-state index contributed by atoms with van der Waals surface area (Å²) in [6, 6.07) is 2.03. The summed E-state index contributed by atoms with van der Waals surface area (Å²) in [6.45, 7) is 9.36. The third kappa shape index (κ3) is 2.73. The van der Waals surface area contributed by atoms with Crippen LogP contribution < -0.4 is 0 Å². The van der Waals surface area contributed by atoms with E-state index in [1.807, 2.05) is 30.8 Å². The third-order valence-electron chi connectivity index (χ3n) is 4.54. The van der Waals surface area contributed by atoms with Gasteiger partial charge in [0.05, 0.1) is 11.1 Å². The molecular formula is C15H25N3O2. The van der Waals surface area contributed by atoms with Crippen molar-refractivity contribution < 1.29 is 9.90 Å². The van der Waals surface area contributed by atoms with E-state index in [1.165, 1.54) is 5.69 Å². The average molecular weight is 279 g/mol. The first-order valence-electron chi connectivity index (χ1n) is 7.46. The molecule has 20 heavy (non-hydrogen) atoms. The zero-order valence-corrected chi connectivity index (χ0v) is 12.7. The highest BCUT2D eigenvalue weighted by atomic mass is 16.4. The van der Waals surface area contributed by atoms with E-state index < -0.39 is 11.4 Å². The summed E-state index contributed by atoms with van der Waals surface area (Å²) in [6.07, 6.45) is 3.62. The molecule has 1 saturated heterocycles. The summed E-state index contributed by atoms with van der Waals surface area (Å²) in [4.78, 5) is 13.9. The van der Waals surface area contributed by atoms with E-state index in [2.05, 4.69) is 16.9 Å². The maximum Gasteiger partial charge on any atom is 0.311 e. The van der Waals surface area contributed by atoms with Gasteiger partial charge in [-0.05, 0) is 31.4 Å². The summed E-state index contributed by atoms with van der Waals surface area (Å²) in [5.74, 6) is -0.498. The largest absolute Gasteiger partial charge is 0.481 e. The highest BCUT2D eigenvalue weighted by molar-refractivity contribution is 5.75. The third-order valence-corrected chi connectivity index (χ3v) is 4.54. The predicted octanol–water partition coefficient (Wildman–Crippen LogP) is 2.23. The Morgan fingerprint density at radius 1 is 1.55 bits per heavy atom. The van der Waals surface area contributed by atoms with Crippen molar-refractivity contribution in [2.45, 2.75) is 46.7 Å². The minimum absolute atomic E-state index is 0.158. The number of aliphatic carboxylic acids is 1. The number of aryl methyl sites for hydroxylation is 1. The fourth-order valence-electron chi connectivity index (χ4n) is 3.08. The minimum atomic E-state index is -0.655. The molecule has 0 aliphatic carbocycles. The van der Waals surface area contributed by atoms with Crippen LogP contribution in [0.1, 0.15) is 39.3 Å². The van der Waals surface area contributed by atoms with Crippen LogP contribution >= 0.6 is 0 Å². The van der Waals surface area contributed by atoms with Crippen LogP contribution in [0.15, 0.2) is 12.3 Å². The smallest absolute Gasteiger partial charge is 0.311 e. The van der Waals surface area contributed by atoms with Crippen LogP contribution in [-0.4, -0.2) is 38.8 Å². The van der Waals surface area contributed by atoms with Crippen LogP contribution in [0.5, 0.6) is 0 Å². The first kappa shape index (κ1) is 15.0. The topological polar surface area (TPSA) is 58.4 Å². The van der Waals surface area contributed by atoms with Crippen molar-refractivity contribution in [2.75, 3.05) is 13.1 Å². The highest BCUT2D eigenvalue weighted by Gasteiger charge is 2.47. The van der Waals surface area contributed by atoms with Gasteiger partial charge < -0.3 is 5.11 Å². The molecular weight excluding hydrogens is 254 g/mol. The van der Waals surface area contributed by atoms with Crippen LogP contribution in [-0.2, 0) is 17.9 Å². The molecule has 1 aliphatic rings. The van der Waals surface area contributed by atoms with Crippen molar-refractivity contribution in [1.29, 1.82) is 0 Å². The molecule has 1 fully saturated rings. The van der Waals surface area contributed by atoms with Crippen molar-refractivity contribution in [3.05, 3.63) is 18.0 Å². The zero-order chi connectivity index (χ0) is 14.8. The number of nitrogens with zero attached hydrogens (tertiary/aromatic N) is 3. The SMILES string of the molecule is CCCn1nccc1CN1CCC(C(=O)O)(C(C)C)C1. The Hall–Kier alpha value is -1.36. The molecule has 1 aliphatic heterocycles. The number of rotatable bonds is 6. The molecule has 5 nitrogen and oxygen atoms in total. The van der Waals surface area contributed by atoms with E-state index in [9.17, 15) is 9.90 Å². The molecule has 0 spiro atoms. The maximum absolute atomic E-state index is 11.6. The Morgan fingerprint density at radius 3 is 2.85 bits per heavy atom. The quantitative estimate of drug-likeness (QED) is 0.867. The van der Waals surface area contributed by atoms with Gasteiger partial charge in [-0.1, -0.05) is 20.8 Å². The van der Waals surface area contributed by atoms with Gasteiger partial charge in [0.25, 0.3) is 0 Å². The van der Waals surface area contributed by atoms with Gasteiger partial charge in [-0.2, -0.15) is 5.10 Å². The van der Waals surface area contributed by atoms with Crippen LogP contribution in [0, 0.1) is 11.3 Å². The second-order valence-corrected chi connectivity index (χ2v) is 6.12. The first-order valence-corrected chi connectivity index (χ1v) is 7.46. The molecule has 0 radical (unpaired) electrons. The van der Waals surface area contributed by atoms with E-state index >= 15 is 0 Å². The van der Waals surface area contributed by atoms with Gasteiger partial charge in [0.15, 0.2) is 0 Å². The lowest BCUT2D eigenvalue weighted by atomic mass is 9.76. The Balaban J connectivity index is 2.06. The van der Waals surface area contributed by atoms with Crippen LogP contribution in [0.2, 0.25) is 0 Å². The van der Waals surface area contributed by atoms with Gasteiger partial charge in [-0.25, -0.2) is 0 Å². The van der Waals surface area contributed by atoms with Gasteiger partial charge in [-0.15, -0.1) is 0 Å². The predicted molar refractivity (Wildman–Crippen MR) is 77.3 cm³/mol. The Bertz CT molecular complexity index is 469. The van der Waals surface area contributed by atoms with E-state index in [0.29, 0.717) is 6.54 Å². The van der Waals surface area contributed by atoms with Crippen molar-refractivity contribution in [3.8, 4) is 0 Å². The van der Waals surface area contributed by atoms with Gasteiger partial charge >= 0.3 is 5.97 Å². The Kier molecular flexibility index (Phi) is 4.48. The number of hydrogen-bond acceptors (Lipinski definition) is 3. The molecule has 1 unspecified atom stereocenters. The molecule has 5 heteroatoms. The lowest BCUT2D eigenvalue weighted by Crippen LogP contribution is -2.39. The molecule has 0 aromatic carbocycles. The van der Waals surface area contributed by atoms with E-state index in [4.69, 9.17) is 0 Å². The zero-order valence-electron chi connectivity index (χ0n) is 12.7. The van der Waals surface area contributed by atoms with E-state index in [1.54, 1.807) is 0 Å². The number of aromatic nitrogens is 2. The summed E-state index contributed by atoms with van der Waals surface area (Å²) in [5, 5.41) is 13.9. The standard InChI is InChI=1S/C15H25N3O2/c1-4-8-18-13(5-7-16-18)10-17-9-6-15(11-17,12(2)3)14(19)20/h5,7,12H,4,6,8-11H2,1-3H3,(H,19,20). The van der Waals surface area contributed by atoms with Crippen molar-refractivity contribution in [3.63, 3.8) is 0 Å². The second-order valence-electron chi connectivity index (χ2n) is 6.12. The molecule has 112 valence electrons. The number of carboxylic acid groups (broad SMARTS) is 1. The second kappa shape index (κ2) is 5.95. The Morgan fingerprint density at radius 2 is 2.30 bits per heavy atom. The van der Waals surface area contributed by atoms with Crippen molar-refractivity contribution in [1.82, 2.24) is 14.7 Å². The summed E-state index contributed by atoms with van der Waals surface area (Å²) in [5.41, 5.74) is 0.590. The van der Waals surface area contributed by atoms with Crippen LogP contribution in [0.4, 0.5) is 0 Å². The summed E-state index contributed by atoms with van der Waals surface area (Å²) >= 11 is 0. The van der Waals surface area contributed by atoms with Crippen LogP contribution in [0.25, 0.3) is 0 Å². The molecule has 1 aromatic rings. The summed E-state index contributed by atoms with van der Waals surface area (Å²) in [7, 11) is 0. The molecule has 1 aromatic heterocycles. The van der Waals surface area contributed by atoms with E-state index in [-0.39, 0.29) is 5.92 Å². The number of likely N-dealkylation sites (tertiary alicyclic amines) is 1. The number of carbonyl (C=O) groups is 1. The highest BCUT2D eigenvalue weighted by Crippen LogP contribution is 2.38. The molecule has 1 atom stereocenters. The number of carboxylic acids is 1. The van der Waals surface area contributed by atoms with Crippen LogP contribution in [0.3, 0.4) is 0 Å². The fourth-order valence-corrected chi connectivity index (χ4v) is 3.08. The monoisotopic (exact) mass is 279 g/mol. The molecule has 2 rings (SSSR count). The molecule has 1 N–H and O–H groups in total. The normalized spacial score (nSPS) is 23.6. The van der Waals surface area contributed by atoms with Crippen molar-refractivity contribution >= 4 is 5.97 Å². The lowest BCUT2D eigenvalue weighted by Gasteiger charge is -2.28. The van der Waals surface area contributed by atoms with E-state index in [0.717, 1.165) is 32.5 Å². The van der Waals surface area contributed by atoms with Gasteiger partial charge in [-0.3, -0.25) is 14.4 Å². The van der Waals surface area contributed by atoms with Gasteiger partial charge in [0.2, 0.25) is 0 Å². The van der Waals surface area contributed by atoms with Gasteiger partial charge in [0.1, 0.15) is 0 Å². The molecule has 2 heterocycles. The number of hydrogen-bond donors (Lipinski definition) is 1. The lowest BCUT2D eigenvalue weighted by molar-refractivity contribution is -0.151. The summed E-state index contributed by atoms with van der Waals surface area (Å²) < 4.78 is 2.02. The first-order chi connectivity index (χ1) is 9.49. The molecule has 0 saturated carbocycles. The average Bonchev–Trinajstić information content (AvgIpc) is 2.99. The molecule has 0 bridgehead atoms. The Labute approximate surface area is 120 Å². The minimum Gasteiger partial charge on any atom is -0.481 e. The molecule has 0 amide bonds. The fraction of sp³-hybridized carbons (Fsp3) is 0.733.